The minimum atomic E-state index is -0.706. The van der Waals surface area contributed by atoms with Crippen molar-refractivity contribution < 1.29 is 19.0 Å². The summed E-state index contributed by atoms with van der Waals surface area (Å²) in [7, 11) is 0. The maximum atomic E-state index is 13.1. The van der Waals surface area contributed by atoms with E-state index in [1.54, 1.807) is 0 Å². The van der Waals surface area contributed by atoms with Crippen LogP contribution in [0.25, 0.3) is 0 Å². The van der Waals surface area contributed by atoms with E-state index in [9.17, 15) is 4.79 Å². The zero-order chi connectivity index (χ0) is 18.0. The Bertz CT molecular complexity index is 564. The van der Waals surface area contributed by atoms with Crippen molar-refractivity contribution in [3.05, 3.63) is 30.3 Å². The summed E-state index contributed by atoms with van der Waals surface area (Å²) in [4.78, 5) is 13.1. The molecule has 1 fully saturated rings. The van der Waals surface area contributed by atoms with Crippen molar-refractivity contribution >= 4 is 25.4 Å². The van der Waals surface area contributed by atoms with Crippen molar-refractivity contribution in [2.24, 2.45) is 0 Å². The molecule has 0 radical (unpaired) electrons. The van der Waals surface area contributed by atoms with Crippen LogP contribution in [0.1, 0.15) is 48.0 Å². The first kappa shape index (κ1) is 19.5. The first-order valence-corrected chi connectivity index (χ1v) is 10.0. The number of rotatable bonds is 4. The topological polar surface area (TPSA) is 44.8 Å². The number of hydrogen-bond donors (Lipinski definition) is 0. The molecule has 0 spiro atoms. The molecular weight excluding hydrogens is 371 g/mol. The maximum absolute atomic E-state index is 13.1. The van der Waals surface area contributed by atoms with Crippen molar-refractivity contribution in [2.75, 3.05) is 6.61 Å². The van der Waals surface area contributed by atoms with Crippen LogP contribution in [0.3, 0.4) is 0 Å². The van der Waals surface area contributed by atoms with Gasteiger partial charge in [0.15, 0.2) is 0 Å². The van der Waals surface area contributed by atoms with Crippen molar-refractivity contribution in [2.45, 2.75) is 69.8 Å². The molecule has 1 unspecified atom stereocenters. The molecule has 0 aromatic heterocycles. The second kappa shape index (κ2) is 7.17. The third-order valence-corrected chi connectivity index (χ3v) is 6.60. The normalized spacial score (nSPS) is 23.3. The standard InChI is InChI=1S/C19H28O4Se/c1-17(2,3)23-16(20)19(6,24-14-10-8-7-9-11-14)15-12-13-21-18(4,5)22-15/h7-11,15H,12-13H2,1-6H3/t15-,19?/m1/s1. The van der Waals surface area contributed by atoms with Gasteiger partial charge in [-0.25, -0.2) is 0 Å². The number of carbonyl (C=O) groups is 1. The number of benzene rings is 1. The van der Waals surface area contributed by atoms with Crippen LogP contribution >= 0.6 is 0 Å². The molecule has 1 aliphatic heterocycles. The zero-order valence-electron chi connectivity index (χ0n) is 15.4. The summed E-state index contributed by atoms with van der Waals surface area (Å²) in [6, 6.07) is 10.1. The average Bonchev–Trinajstić information content (AvgIpc) is 2.45. The quantitative estimate of drug-likeness (QED) is 0.577. The molecule has 24 heavy (non-hydrogen) atoms. The number of esters is 1. The molecule has 134 valence electrons. The van der Waals surface area contributed by atoms with Gasteiger partial charge in [-0.1, -0.05) is 0 Å². The summed E-state index contributed by atoms with van der Waals surface area (Å²) in [5.41, 5.74) is -0.522. The van der Waals surface area contributed by atoms with Crippen LogP contribution in [-0.4, -0.2) is 45.0 Å². The SMILES string of the molecule is CC(C)(C)OC(=O)C(C)([Se]c1ccccc1)[C@H]1CCOC(C)(C)O1. The molecule has 2 atom stereocenters. The van der Waals surface area contributed by atoms with Gasteiger partial charge in [-0.3, -0.25) is 0 Å². The molecule has 0 amide bonds. The number of carbonyl (C=O) groups excluding carboxylic acids is 1. The van der Waals surface area contributed by atoms with E-state index in [1.165, 1.54) is 0 Å². The summed E-state index contributed by atoms with van der Waals surface area (Å²) in [6.07, 6.45) is 0.463. The molecule has 0 saturated carbocycles. The summed E-state index contributed by atoms with van der Waals surface area (Å²) < 4.78 is 18.0. The third kappa shape index (κ3) is 5.06. The number of ether oxygens (including phenoxy) is 3. The molecule has 1 aromatic carbocycles. The van der Waals surface area contributed by atoms with Gasteiger partial charge < -0.3 is 0 Å². The van der Waals surface area contributed by atoms with Gasteiger partial charge in [0.1, 0.15) is 0 Å². The molecule has 1 aromatic rings. The van der Waals surface area contributed by atoms with Crippen molar-refractivity contribution in [3.8, 4) is 0 Å². The predicted octanol–water partition coefficient (Wildman–Crippen LogP) is 3.08. The van der Waals surface area contributed by atoms with Crippen molar-refractivity contribution in [3.63, 3.8) is 0 Å². The Kier molecular flexibility index (Phi) is 5.81. The van der Waals surface area contributed by atoms with E-state index in [2.05, 4.69) is 12.1 Å². The molecule has 5 heteroatoms. The second-order valence-electron chi connectivity index (χ2n) is 7.67. The van der Waals surface area contributed by atoms with Crippen LogP contribution in [0.2, 0.25) is 4.31 Å². The van der Waals surface area contributed by atoms with Gasteiger partial charge in [0.2, 0.25) is 0 Å². The fourth-order valence-corrected chi connectivity index (χ4v) is 5.12. The fourth-order valence-electron chi connectivity index (χ4n) is 2.59. The van der Waals surface area contributed by atoms with Crippen molar-refractivity contribution in [1.29, 1.82) is 0 Å². The van der Waals surface area contributed by atoms with Crippen LogP contribution in [0, 0.1) is 0 Å². The van der Waals surface area contributed by atoms with E-state index in [0.29, 0.717) is 13.0 Å². The van der Waals surface area contributed by atoms with Crippen molar-refractivity contribution in [1.82, 2.24) is 0 Å². The predicted molar refractivity (Wildman–Crippen MR) is 95.6 cm³/mol. The van der Waals surface area contributed by atoms with Gasteiger partial charge in [-0.15, -0.1) is 0 Å². The molecule has 0 bridgehead atoms. The van der Waals surface area contributed by atoms with Crippen LogP contribution < -0.4 is 4.46 Å². The molecule has 0 aliphatic carbocycles. The van der Waals surface area contributed by atoms with Crippen LogP contribution in [0.5, 0.6) is 0 Å². The fraction of sp³-hybridized carbons (Fsp3) is 0.632. The monoisotopic (exact) mass is 400 g/mol. The zero-order valence-corrected chi connectivity index (χ0v) is 17.1. The van der Waals surface area contributed by atoms with Gasteiger partial charge >= 0.3 is 151 Å². The number of hydrogen-bond acceptors (Lipinski definition) is 4. The van der Waals surface area contributed by atoms with E-state index in [0.717, 1.165) is 4.46 Å². The van der Waals surface area contributed by atoms with Gasteiger partial charge in [0.25, 0.3) is 0 Å². The van der Waals surface area contributed by atoms with E-state index in [-0.39, 0.29) is 27.0 Å². The van der Waals surface area contributed by atoms with E-state index >= 15 is 0 Å². The summed E-state index contributed by atoms with van der Waals surface area (Å²) in [5, 5.41) is 0. The van der Waals surface area contributed by atoms with Gasteiger partial charge in [0, 0.05) is 0 Å². The van der Waals surface area contributed by atoms with Crippen LogP contribution in [-0.2, 0) is 19.0 Å². The van der Waals surface area contributed by atoms with Gasteiger partial charge in [-0.05, 0) is 0 Å². The Hall–Kier alpha value is -0.871. The molecule has 1 saturated heterocycles. The Morgan fingerprint density at radius 3 is 2.38 bits per heavy atom. The van der Waals surface area contributed by atoms with E-state index < -0.39 is 15.7 Å². The molecule has 4 nitrogen and oxygen atoms in total. The van der Waals surface area contributed by atoms with Crippen LogP contribution in [0.15, 0.2) is 30.3 Å². The summed E-state index contributed by atoms with van der Waals surface area (Å²) in [6.45, 7) is 12.0. The molecule has 1 heterocycles. The third-order valence-electron chi connectivity index (χ3n) is 3.75. The first-order chi connectivity index (χ1) is 11.0. The summed E-state index contributed by atoms with van der Waals surface area (Å²) >= 11 is -0.116. The van der Waals surface area contributed by atoms with E-state index in [4.69, 9.17) is 14.2 Å². The second-order valence-corrected chi connectivity index (χ2v) is 10.9. The molecule has 1 aliphatic rings. The molecule has 2 rings (SSSR count). The summed E-state index contributed by atoms with van der Waals surface area (Å²) in [5.74, 6) is -0.875. The van der Waals surface area contributed by atoms with E-state index in [1.807, 2.05) is 59.7 Å². The Morgan fingerprint density at radius 2 is 1.83 bits per heavy atom. The van der Waals surface area contributed by atoms with Gasteiger partial charge in [-0.2, -0.15) is 0 Å². The average molecular weight is 399 g/mol. The Morgan fingerprint density at radius 1 is 1.21 bits per heavy atom. The molecule has 0 N–H and O–H groups in total. The van der Waals surface area contributed by atoms with Crippen LogP contribution in [0.4, 0.5) is 0 Å². The first-order valence-electron chi connectivity index (χ1n) is 8.31. The Balaban J connectivity index is 2.31. The molecular formula is C19H28O4Se. The van der Waals surface area contributed by atoms with Gasteiger partial charge in [0.05, 0.1) is 0 Å². The minimum absolute atomic E-state index is 0.116. The Labute approximate surface area is 151 Å².